The number of rotatable bonds is 5. The summed E-state index contributed by atoms with van der Waals surface area (Å²) < 4.78 is 5.39. The van der Waals surface area contributed by atoms with Crippen LogP contribution in [-0.4, -0.2) is 42.8 Å². The standard InChI is InChI=1S/C13H22N4O/c1-3-7-14-13-15-8-4-12(16-13)17(2)11-5-9-18-10-6-11/h4,8,11H,3,5-7,9-10H2,1-2H3,(H,14,15,16). The predicted molar refractivity (Wildman–Crippen MR) is 73.1 cm³/mol. The van der Waals surface area contributed by atoms with Gasteiger partial charge in [-0.05, 0) is 25.3 Å². The number of anilines is 2. The molecule has 100 valence electrons. The van der Waals surface area contributed by atoms with Gasteiger partial charge in [0.15, 0.2) is 0 Å². The zero-order valence-electron chi connectivity index (χ0n) is 11.2. The SMILES string of the molecule is CCCNc1nccc(N(C)C2CCOCC2)n1. The molecule has 0 aromatic carbocycles. The summed E-state index contributed by atoms with van der Waals surface area (Å²) in [5.41, 5.74) is 0. The molecular weight excluding hydrogens is 228 g/mol. The van der Waals surface area contributed by atoms with E-state index in [0.29, 0.717) is 12.0 Å². The summed E-state index contributed by atoms with van der Waals surface area (Å²) in [4.78, 5) is 11.0. The molecule has 1 aliphatic heterocycles. The van der Waals surface area contributed by atoms with E-state index in [1.165, 1.54) is 0 Å². The van der Waals surface area contributed by atoms with E-state index in [2.05, 4.69) is 34.2 Å². The lowest BCUT2D eigenvalue weighted by Crippen LogP contribution is -2.37. The largest absolute Gasteiger partial charge is 0.381 e. The maximum absolute atomic E-state index is 5.39. The second kappa shape index (κ2) is 6.54. The van der Waals surface area contributed by atoms with E-state index < -0.39 is 0 Å². The topological polar surface area (TPSA) is 50.3 Å². The number of nitrogens with zero attached hydrogens (tertiary/aromatic N) is 3. The summed E-state index contributed by atoms with van der Waals surface area (Å²) in [6.07, 6.45) is 5.02. The molecule has 0 amide bonds. The van der Waals surface area contributed by atoms with E-state index in [1.54, 1.807) is 0 Å². The molecule has 0 radical (unpaired) electrons. The molecule has 0 aliphatic carbocycles. The third kappa shape index (κ3) is 3.32. The number of hydrogen-bond donors (Lipinski definition) is 1. The Morgan fingerprint density at radius 1 is 1.44 bits per heavy atom. The van der Waals surface area contributed by atoms with Crippen molar-refractivity contribution in [1.29, 1.82) is 0 Å². The van der Waals surface area contributed by atoms with E-state index in [0.717, 1.165) is 44.8 Å². The highest BCUT2D eigenvalue weighted by Crippen LogP contribution is 2.19. The Bertz CT molecular complexity index is 366. The van der Waals surface area contributed by atoms with Gasteiger partial charge in [0, 0.05) is 39.0 Å². The molecule has 0 unspecified atom stereocenters. The minimum Gasteiger partial charge on any atom is -0.381 e. The predicted octanol–water partition coefficient (Wildman–Crippen LogP) is 1.91. The Balaban J connectivity index is 2.02. The molecule has 1 N–H and O–H groups in total. The molecule has 1 saturated heterocycles. The number of aromatic nitrogens is 2. The van der Waals surface area contributed by atoms with Crippen molar-refractivity contribution in [1.82, 2.24) is 9.97 Å². The first-order valence-corrected chi connectivity index (χ1v) is 6.68. The fourth-order valence-electron chi connectivity index (χ4n) is 2.13. The lowest BCUT2D eigenvalue weighted by Gasteiger charge is -2.32. The smallest absolute Gasteiger partial charge is 0.224 e. The zero-order valence-corrected chi connectivity index (χ0v) is 11.2. The van der Waals surface area contributed by atoms with Crippen LogP contribution in [0.5, 0.6) is 0 Å². The van der Waals surface area contributed by atoms with Crippen LogP contribution in [0.15, 0.2) is 12.3 Å². The monoisotopic (exact) mass is 250 g/mol. The molecule has 1 fully saturated rings. The molecular formula is C13H22N4O. The summed E-state index contributed by atoms with van der Waals surface area (Å²) in [6.45, 7) is 4.73. The van der Waals surface area contributed by atoms with Crippen LogP contribution in [0.2, 0.25) is 0 Å². The third-order valence-corrected chi connectivity index (χ3v) is 3.27. The zero-order chi connectivity index (χ0) is 12.8. The van der Waals surface area contributed by atoms with Gasteiger partial charge in [-0.1, -0.05) is 6.92 Å². The van der Waals surface area contributed by atoms with Crippen molar-refractivity contribution in [3.63, 3.8) is 0 Å². The molecule has 18 heavy (non-hydrogen) atoms. The van der Waals surface area contributed by atoms with E-state index in [4.69, 9.17) is 4.74 Å². The molecule has 5 heteroatoms. The lowest BCUT2D eigenvalue weighted by molar-refractivity contribution is 0.0853. The lowest BCUT2D eigenvalue weighted by atomic mass is 10.1. The molecule has 5 nitrogen and oxygen atoms in total. The quantitative estimate of drug-likeness (QED) is 0.865. The molecule has 1 aromatic rings. The summed E-state index contributed by atoms with van der Waals surface area (Å²) >= 11 is 0. The fraction of sp³-hybridized carbons (Fsp3) is 0.692. The van der Waals surface area contributed by atoms with Crippen molar-refractivity contribution in [2.24, 2.45) is 0 Å². The van der Waals surface area contributed by atoms with Gasteiger partial charge in [0.2, 0.25) is 5.95 Å². The average Bonchev–Trinajstić information content (AvgIpc) is 2.45. The first-order chi connectivity index (χ1) is 8.81. The van der Waals surface area contributed by atoms with E-state index in [1.807, 2.05) is 12.3 Å². The van der Waals surface area contributed by atoms with Crippen molar-refractivity contribution < 1.29 is 4.74 Å². The molecule has 0 bridgehead atoms. The first kappa shape index (κ1) is 13.1. The molecule has 0 saturated carbocycles. The third-order valence-electron chi connectivity index (χ3n) is 3.27. The Hall–Kier alpha value is -1.36. The highest BCUT2D eigenvalue weighted by molar-refractivity contribution is 5.42. The molecule has 1 aliphatic rings. The molecule has 0 spiro atoms. The van der Waals surface area contributed by atoms with Gasteiger partial charge < -0.3 is 15.0 Å². The molecule has 2 heterocycles. The average molecular weight is 250 g/mol. The minimum absolute atomic E-state index is 0.521. The van der Waals surface area contributed by atoms with Gasteiger partial charge in [0.1, 0.15) is 5.82 Å². The minimum atomic E-state index is 0.521. The molecule has 2 rings (SSSR count). The van der Waals surface area contributed by atoms with Crippen LogP contribution in [0.4, 0.5) is 11.8 Å². The van der Waals surface area contributed by atoms with E-state index >= 15 is 0 Å². The van der Waals surface area contributed by atoms with Crippen LogP contribution in [-0.2, 0) is 4.74 Å². The summed E-state index contributed by atoms with van der Waals surface area (Å²) in [5.74, 6) is 1.70. The Labute approximate surface area is 109 Å². The normalized spacial score (nSPS) is 16.6. The van der Waals surface area contributed by atoms with Crippen molar-refractivity contribution in [2.45, 2.75) is 32.2 Å². The van der Waals surface area contributed by atoms with Crippen molar-refractivity contribution in [3.8, 4) is 0 Å². The highest BCUT2D eigenvalue weighted by atomic mass is 16.5. The van der Waals surface area contributed by atoms with Gasteiger partial charge in [0.05, 0.1) is 0 Å². The Morgan fingerprint density at radius 2 is 2.22 bits per heavy atom. The highest BCUT2D eigenvalue weighted by Gasteiger charge is 2.19. The summed E-state index contributed by atoms with van der Waals surface area (Å²) in [7, 11) is 2.10. The molecule has 0 atom stereocenters. The Morgan fingerprint density at radius 3 is 2.94 bits per heavy atom. The first-order valence-electron chi connectivity index (χ1n) is 6.68. The summed E-state index contributed by atoms with van der Waals surface area (Å²) in [5, 5.41) is 3.22. The van der Waals surface area contributed by atoms with Gasteiger partial charge >= 0.3 is 0 Å². The van der Waals surface area contributed by atoms with Crippen molar-refractivity contribution >= 4 is 11.8 Å². The van der Waals surface area contributed by atoms with Gasteiger partial charge in [-0.3, -0.25) is 0 Å². The number of ether oxygens (including phenoxy) is 1. The van der Waals surface area contributed by atoms with Gasteiger partial charge in [0.25, 0.3) is 0 Å². The second-order valence-electron chi connectivity index (χ2n) is 4.62. The second-order valence-corrected chi connectivity index (χ2v) is 4.62. The van der Waals surface area contributed by atoms with E-state index in [9.17, 15) is 0 Å². The number of nitrogens with one attached hydrogen (secondary N) is 1. The van der Waals surface area contributed by atoms with Crippen LogP contribution in [0, 0.1) is 0 Å². The van der Waals surface area contributed by atoms with Crippen LogP contribution in [0.1, 0.15) is 26.2 Å². The van der Waals surface area contributed by atoms with E-state index in [-0.39, 0.29) is 0 Å². The van der Waals surface area contributed by atoms with Crippen LogP contribution < -0.4 is 10.2 Å². The summed E-state index contributed by atoms with van der Waals surface area (Å²) in [6, 6.07) is 2.49. The van der Waals surface area contributed by atoms with Gasteiger partial charge in [-0.15, -0.1) is 0 Å². The maximum Gasteiger partial charge on any atom is 0.224 e. The maximum atomic E-state index is 5.39. The van der Waals surface area contributed by atoms with Gasteiger partial charge in [-0.2, -0.15) is 4.98 Å². The fourth-order valence-corrected chi connectivity index (χ4v) is 2.13. The van der Waals surface area contributed by atoms with Crippen LogP contribution in [0.3, 0.4) is 0 Å². The van der Waals surface area contributed by atoms with Crippen LogP contribution in [0.25, 0.3) is 0 Å². The van der Waals surface area contributed by atoms with Crippen molar-refractivity contribution in [2.75, 3.05) is 37.0 Å². The van der Waals surface area contributed by atoms with Crippen molar-refractivity contribution in [3.05, 3.63) is 12.3 Å². The number of hydrogen-bond acceptors (Lipinski definition) is 5. The molecule has 1 aromatic heterocycles. The Kier molecular flexibility index (Phi) is 4.75. The van der Waals surface area contributed by atoms with Crippen LogP contribution >= 0.6 is 0 Å². The van der Waals surface area contributed by atoms with Gasteiger partial charge in [-0.25, -0.2) is 4.98 Å².